The predicted octanol–water partition coefficient (Wildman–Crippen LogP) is 3.08. The van der Waals surface area contributed by atoms with E-state index in [4.69, 9.17) is 5.26 Å². The molecule has 3 heteroatoms. The molecular weight excluding hydrogens is 222 g/mol. The van der Waals surface area contributed by atoms with Crippen molar-refractivity contribution in [3.63, 3.8) is 0 Å². The molecule has 2 N–H and O–H groups in total. The summed E-state index contributed by atoms with van der Waals surface area (Å²) in [5.41, 5.74) is 2.84. The number of para-hydroxylation sites is 1. The van der Waals surface area contributed by atoms with Crippen molar-refractivity contribution in [3.05, 3.63) is 60.2 Å². The first kappa shape index (κ1) is 12.0. The summed E-state index contributed by atoms with van der Waals surface area (Å²) < 4.78 is 0. The Morgan fingerprint density at radius 3 is 1.89 bits per heavy atom. The third-order valence-electron chi connectivity index (χ3n) is 2.57. The molecular formula is C15H15N3. The molecule has 2 aromatic carbocycles. The van der Waals surface area contributed by atoms with Gasteiger partial charge >= 0.3 is 0 Å². The maximum Gasteiger partial charge on any atom is 0.0991 e. The van der Waals surface area contributed by atoms with Crippen molar-refractivity contribution in [3.8, 4) is 6.07 Å². The van der Waals surface area contributed by atoms with Crippen molar-refractivity contribution in [2.45, 2.75) is 0 Å². The SMILES string of the molecule is N#Cc1ccc(NCCNc2ccccc2)cc1. The van der Waals surface area contributed by atoms with E-state index >= 15 is 0 Å². The molecule has 2 aromatic rings. The van der Waals surface area contributed by atoms with Gasteiger partial charge in [-0.2, -0.15) is 5.26 Å². The normalized spacial score (nSPS) is 9.50. The molecule has 0 heterocycles. The fraction of sp³-hybridized carbons (Fsp3) is 0.133. The minimum absolute atomic E-state index is 0.683. The summed E-state index contributed by atoms with van der Waals surface area (Å²) in [5, 5.41) is 15.3. The fourth-order valence-electron chi connectivity index (χ4n) is 1.63. The minimum atomic E-state index is 0.683. The second kappa shape index (κ2) is 6.31. The Labute approximate surface area is 107 Å². The molecule has 0 spiro atoms. The zero-order valence-electron chi connectivity index (χ0n) is 10.1. The van der Waals surface area contributed by atoms with Gasteiger partial charge < -0.3 is 10.6 Å². The molecule has 90 valence electrons. The molecule has 2 rings (SSSR count). The molecule has 0 amide bonds. The summed E-state index contributed by atoms with van der Waals surface area (Å²) in [7, 11) is 0. The van der Waals surface area contributed by atoms with Crippen LogP contribution in [0.3, 0.4) is 0 Å². The first-order valence-corrected chi connectivity index (χ1v) is 5.91. The highest BCUT2D eigenvalue weighted by Crippen LogP contribution is 2.08. The van der Waals surface area contributed by atoms with E-state index < -0.39 is 0 Å². The molecule has 0 saturated carbocycles. The van der Waals surface area contributed by atoms with Crippen molar-refractivity contribution in [1.29, 1.82) is 5.26 Å². The van der Waals surface area contributed by atoms with Gasteiger partial charge in [0.15, 0.2) is 0 Å². The Kier molecular flexibility index (Phi) is 4.21. The summed E-state index contributed by atoms with van der Waals surface area (Å²) in [6.45, 7) is 1.69. The lowest BCUT2D eigenvalue weighted by Crippen LogP contribution is -2.13. The molecule has 0 aliphatic carbocycles. The van der Waals surface area contributed by atoms with Crippen molar-refractivity contribution < 1.29 is 0 Å². The average molecular weight is 237 g/mol. The molecule has 0 atom stereocenters. The van der Waals surface area contributed by atoms with Gasteiger partial charge in [0.25, 0.3) is 0 Å². The van der Waals surface area contributed by atoms with Crippen LogP contribution in [0.5, 0.6) is 0 Å². The number of anilines is 2. The van der Waals surface area contributed by atoms with E-state index in [9.17, 15) is 0 Å². The van der Waals surface area contributed by atoms with Gasteiger partial charge in [-0.15, -0.1) is 0 Å². The zero-order valence-corrected chi connectivity index (χ0v) is 10.1. The molecule has 0 saturated heterocycles. The molecule has 0 fully saturated rings. The summed E-state index contributed by atoms with van der Waals surface area (Å²) in [5.74, 6) is 0. The quantitative estimate of drug-likeness (QED) is 0.786. The Hall–Kier alpha value is -2.47. The molecule has 0 aliphatic rings. The number of hydrogen-bond acceptors (Lipinski definition) is 3. The van der Waals surface area contributed by atoms with Crippen LogP contribution in [0, 0.1) is 11.3 Å². The molecule has 0 radical (unpaired) electrons. The maximum absolute atomic E-state index is 8.69. The van der Waals surface area contributed by atoms with Gasteiger partial charge in [0.1, 0.15) is 0 Å². The Morgan fingerprint density at radius 1 is 0.778 bits per heavy atom. The van der Waals surface area contributed by atoms with Crippen LogP contribution in [-0.4, -0.2) is 13.1 Å². The van der Waals surface area contributed by atoms with Crippen molar-refractivity contribution in [2.75, 3.05) is 23.7 Å². The average Bonchev–Trinajstić information content (AvgIpc) is 2.45. The Morgan fingerprint density at radius 2 is 1.33 bits per heavy atom. The standard InChI is InChI=1S/C15H15N3/c16-12-13-6-8-15(9-7-13)18-11-10-17-14-4-2-1-3-5-14/h1-9,17-18H,10-11H2. The third kappa shape index (κ3) is 3.53. The highest BCUT2D eigenvalue weighted by atomic mass is 14.9. The van der Waals surface area contributed by atoms with Crippen LogP contribution in [0.2, 0.25) is 0 Å². The summed E-state index contributed by atoms with van der Waals surface area (Å²) >= 11 is 0. The van der Waals surface area contributed by atoms with Crippen LogP contribution in [0.1, 0.15) is 5.56 Å². The summed E-state index contributed by atoms with van der Waals surface area (Å²) in [4.78, 5) is 0. The van der Waals surface area contributed by atoms with E-state index in [0.29, 0.717) is 5.56 Å². The van der Waals surface area contributed by atoms with Gasteiger partial charge in [-0.1, -0.05) is 18.2 Å². The van der Waals surface area contributed by atoms with Crippen LogP contribution in [0.4, 0.5) is 11.4 Å². The predicted molar refractivity (Wildman–Crippen MR) is 74.6 cm³/mol. The topological polar surface area (TPSA) is 47.9 Å². The van der Waals surface area contributed by atoms with Crippen molar-refractivity contribution in [1.82, 2.24) is 0 Å². The third-order valence-corrected chi connectivity index (χ3v) is 2.57. The summed E-state index contributed by atoms with van der Waals surface area (Å²) in [6.07, 6.45) is 0. The van der Waals surface area contributed by atoms with Crippen LogP contribution >= 0.6 is 0 Å². The van der Waals surface area contributed by atoms with Gasteiger partial charge in [-0.05, 0) is 36.4 Å². The number of nitriles is 1. The number of hydrogen-bond donors (Lipinski definition) is 2. The molecule has 3 nitrogen and oxygen atoms in total. The van der Waals surface area contributed by atoms with E-state index in [2.05, 4.69) is 16.7 Å². The Bertz CT molecular complexity index is 512. The van der Waals surface area contributed by atoms with Crippen molar-refractivity contribution >= 4 is 11.4 Å². The second-order valence-electron chi connectivity index (χ2n) is 3.91. The molecule has 0 aromatic heterocycles. The highest BCUT2D eigenvalue weighted by Gasteiger charge is 1.93. The number of benzene rings is 2. The first-order valence-electron chi connectivity index (χ1n) is 5.91. The zero-order chi connectivity index (χ0) is 12.6. The molecule has 0 bridgehead atoms. The van der Waals surface area contributed by atoms with E-state index in [1.807, 2.05) is 54.6 Å². The van der Waals surface area contributed by atoms with Crippen LogP contribution in [0.15, 0.2) is 54.6 Å². The van der Waals surface area contributed by atoms with Gasteiger partial charge in [0.05, 0.1) is 11.6 Å². The van der Waals surface area contributed by atoms with E-state index in [0.717, 1.165) is 24.5 Å². The van der Waals surface area contributed by atoms with Gasteiger partial charge in [0.2, 0.25) is 0 Å². The lowest BCUT2D eigenvalue weighted by molar-refractivity contribution is 1.08. The van der Waals surface area contributed by atoms with E-state index in [1.54, 1.807) is 0 Å². The van der Waals surface area contributed by atoms with Crippen LogP contribution < -0.4 is 10.6 Å². The summed E-state index contributed by atoms with van der Waals surface area (Å²) in [6, 6.07) is 19.7. The number of nitrogens with one attached hydrogen (secondary N) is 2. The largest absolute Gasteiger partial charge is 0.383 e. The minimum Gasteiger partial charge on any atom is -0.383 e. The van der Waals surface area contributed by atoms with Gasteiger partial charge in [0, 0.05) is 24.5 Å². The van der Waals surface area contributed by atoms with Gasteiger partial charge in [-0.25, -0.2) is 0 Å². The van der Waals surface area contributed by atoms with Gasteiger partial charge in [-0.3, -0.25) is 0 Å². The number of rotatable bonds is 5. The Balaban J connectivity index is 1.74. The fourth-order valence-corrected chi connectivity index (χ4v) is 1.63. The maximum atomic E-state index is 8.69. The van der Waals surface area contributed by atoms with E-state index in [1.165, 1.54) is 0 Å². The number of nitrogens with zero attached hydrogens (tertiary/aromatic N) is 1. The van der Waals surface area contributed by atoms with Crippen LogP contribution in [-0.2, 0) is 0 Å². The highest BCUT2D eigenvalue weighted by molar-refractivity contribution is 5.47. The second-order valence-corrected chi connectivity index (χ2v) is 3.91. The monoisotopic (exact) mass is 237 g/mol. The lowest BCUT2D eigenvalue weighted by atomic mass is 10.2. The smallest absolute Gasteiger partial charge is 0.0991 e. The van der Waals surface area contributed by atoms with Crippen LogP contribution in [0.25, 0.3) is 0 Å². The van der Waals surface area contributed by atoms with E-state index in [-0.39, 0.29) is 0 Å². The molecule has 0 aliphatic heterocycles. The molecule has 18 heavy (non-hydrogen) atoms. The van der Waals surface area contributed by atoms with Crippen molar-refractivity contribution in [2.24, 2.45) is 0 Å². The first-order chi connectivity index (χ1) is 8.88. The lowest BCUT2D eigenvalue weighted by Gasteiger charge is -2.08. The molecule has 0 unspecified atom stereocenters.